The molecular weight excluding hydrogens is 733 g/mol. The van der Waals surface area contributed by atoms with Gasteiger partial charge in [-0.2, -0.15) is 0 Å². The normalized spacial score (nSPS) is 12.0. The maximum absolute atomic E-state index is 6.90. The van der Waals surface area contributed by atoms with Gasteiger partial charge in [-0.15, -0.1) is 0 Å². The number of aromatic nitrogens is 4. The van der Waals surface area contributed by atoms with Crippen molar-refractivity contribution in [1.82, 2.24) is 19.5 Å². The predicted octanol–water partition coefficient (Wildman–Crippen LogP) is 14.5. The van der Waals surface area contributed by atoms with Crippen molar-refractivity contribution in [3.05, 3.63) is 194 Å². The summed E-state index contributed by atoms with van der Waals surface area (Å²) in [6, 6.07) is 68.5. The van der Waals surface area contributed by atoms with E-state index in [1.54, 1.807) is 0 Å². The van der Waals surface area contributed by atoms with Gasteiger partial charge in [0.05, 0.1) is 11.0 Å². The van der Waals surface area contributed by atoms with Gasteiger partial charge in [0.15, 0.2) is 17.5 Å². The van der Waals surface area contributed by atoms with Gasteiger partial charge in [0.25, 0.3) is 0 Å². The first-order chi connectivity index (χ1) is 29.7. The van der Waals surface area contributed by atoms with Crippen molar-refractivity contribution in [3.63, 3.8) is 0 Å². The number of para-hydroxylation sites is 1. The summed E-state index contributed by atoms with van der Waals surface area (Å²) >= 11 is 0. The largest absolute Gasteiger partial charge is 0.455 e. The molecule has 0 spiro atoms. The summed E-state index contributed by atoms with van der Waals surface area (Å²) in [6.07, 6.45) is 0. The molecule has 0 aliphatic rings. The van der Waals surface area contributed by atoms with E-state index in [-0.39, 0.29) is 0 Å². The van der Waals surface area contributed by atoms with Gasteiger partial charge in [-0.1, -0.05) is 146 Å². The van der Waals surface area contributed by atoms with Gasteiger partial charge in [0.1, 0.15) is 11.2 Å². The smallest absolute Gasteiger partial charge is 0.164 e. The van der Waals surface area contributed by atoms with Gasteiger partial charge < -0.3 is 8.98 Å². The molecule has 0 N–H and O–H groups in total. The first kappa shape index (κ1) is 32.9. The SMILES string of the molecule is c1ccc(-c2nc(-c3cc4ccccc4c4ccccc34)nc(-c3cc4c5ccc(-n6c7ccccc7c7cc8ccccc8cc76)cc5oc4c4ccccc34)n2)cc1. The molecule has 5 heteroatoms. The molecule has 10 aromatic carbocycles. The fourth-order valence-corrected chi connectivity index (χ4v) is 9.42. The third-order valence-corrected chi connectivity index (χ3v) is 12.2. The molecule has 0 bridgehead atoms. The molecule has 3 heterocycles. The van der Waals surface area contributed by atoms with Crippen LogP contribution in [-0.4, -0.2) is 19.5 Å². The Bertz CT molecular complexity index is 3900. The first-order valence-corrected chi connectivity index (χ1v) is 20.3. The molecular formula is C55H32N4O. The Labute approximate surface area is 343 Å². The quantitative estimate of drug-likeness (QED) is 0.167. The van der Waals surface area contributed by atoms with Gasteiger partial charge in [0.2, 0.25) is 0 Å². The second-order valence-electron chi connectivity index (χ2n) is 15.6. The Balaban J connectivity index is 1.05. The van der Waals surface area contributed by atoms with E-state index in [9.17, 15) is 0 Å². The molecule has 0 saturated carbocycles. The summed E-state index contributed by atoms with van der Waals surface area (Å²) in [5.41, 5.74) is 7.84. The monoisotopic (exact) mass is 764 g/mol. The van der Waals surface area contributed by atoms with E-state index in [1.165, 1.54) is 32.3 Å². The van der Waals surface area contributed by atoms with Crippen LogP contribution in [0.3, 0.4) is 0 Å². The lowest BCUT2D eigenvalue weighted by atomic mass is 9.96. The zero-order chi connectivity index (χ0) is 39.3. The highest BCUT2D eigenvalue weighted by Crippen LogP contribution is 2.42. The molecule has 0 aliphatic heterocycles. The van der Waals surface area contributed by atoms with Gasteiger partial charge in [-0.3, -0.25) is 0 Å². The molecule has 0 amide bonds. The number of rotatable bonds is 4. The third kappa shape index (κ3) is 4.90. The Morgan fingerprint density at radius 1 is 0.333 bits per heavy atom. The van der Waals surface area contributed by atoms with Crippen LogP contribution in [0.4, 0.5) is 0 Å². The molecule has 0 atom stereocenters. The fourth-order valence-electron chi connectivity index (χ4n) is 9.42. The number of hydrogen-bond donors (Lipinski definition) is 0. The average Bonchev–Trinajstić information content (AvgIpc) is 3.85. The molecule has 0 fully saturated rings. The molecule has 278 valence electrons. The predicted molar refractivity (Wildman–Crippen MR) is 248 cm³/mol. The van der Waals surface area contributed by atoms with E-state index in [0.717, 1.165) is 76.9 Å². The van der Waals surface area contributed by atoms with E-state index >= 15 is 0 Å². The van der Waals surface area contributed by atoms with Gasteiger partial charge in [0, 0.05) is 55.4 Å². The van der Waals surface area contributed by atoms with E-state index in [1.807, 2.05) is 18.2 Å². The van der Waals surface area contributed by atoms with Crippen molar-refractivity contribution in [2.24, 2.45) is 0 Å². The van der Waals surface area contributed by atoms with Crippen molar-refractivity contribution in [2.45, 2.75) is 0 Å². The molecule has 0 aliphatic carbocycles. The van der Waals surface area contributed by atoms with E-state index in [0.29, 0.717) is 17.5 Å². The fraction of sp³-hybridized carbons (Fsp3) is 0. The summed E-state index contributed by atoms with van der Waals surface area (Å²) in [6.45, 7) is 0. The lowest BCUT2D eigenvalue weighted by Crippen LogP contribution is -2.01. The Kier molecular flexibility index (Phi) is 6.95. The molecule has 0 unspecified atom stereocenters. The van der Waals surface area contributed by atoms with Crippen LogP contribution in [0.15, 0.2) is 199 Å². The summed E-state index contributed by atoms with van der Waals surface area (Å²) < 4.78 is 9.26. The van der Waals surface area contributed by atoms with Crippen LogP contribution in [0, 0.1) is 0 Å². The number of benzene rings is 10. The minimum absolute atomic E-state index is 0.609. The van der Waals surface area contributed by atoms with Crippen LogP contribution in [0.25, 0.3) is 127 Å². The lowest BCUT2D eigenvalue weighted by molar-refractivity contribution is 0.672. The van der Waals surface area contributed by atoms with Gasteiger partial charge in [-0.25, -0.2) is 15.0 Å². The van der Waals surface area contributed by atoms with Crippen LogP contribution in [-0.2, 0) is 0 Å². The summed E-state index contributed by atoms with van der Waals surface area (Å²) in [7, 11) is 0. The summed E-state index contributed by atoms with van der Waals surface area (Å²) in [5.74, 6) is 1.86. The van der Waals surface area contributed by atoms with Gasteiger partial charge >= 0.3 is 0 Å². The standard InChI is InChI=1S/C55H32N4O/c1-2-14-33(15-3-1)53-56-54(47-29-36-18-6-7-19-38(36)39-20-8-9-21-40(39)47)58-55(57-53)48-32-46-43-27-26-37(31-51(43)60-52(46)44-24-11-10-22-41(44)48)59-49-25-13-12-23-42(49)45-28-34-16-4-5-17-35(34)30-50(45)59/h1-32H. The summed E-state index contributed by atoms with van der Waals surface area (Å²) in [5, 5.41) is 13.6. The summed E-state index contributed by atoms with van der Waals surface area (Å²) in [4.78, 5) is 15.8. The van der Waals surface area contributed by atoms with E-state index < -0.39 is 0 Å². The van der Waals surface area contributed by atoms with E-state index in [4.69, 9.17) is 19.4 Å². The highest BCUT2D eigenvalue weighted by molar-refractivity contribution is 6.20. The molecule has 13 aromatic rings. The van der Waals surface area contributed by atoms with Crippen LogP contribution in [0.2, 0.25) is 0 Å². The topological polar surface area (TPSA) is 56.7 Å². The molecule has 3 aromatic heterocycles. The molecule has 0 radical (unpaired) electrons. The number of fused-ring (bicyclic) bond motifs is 12. The molecule has 13 rings (SSSR count). The maximum atomic E-state index is 6.90. The van der Waals surface area contributed by atoms with Crippen molar-refractivity contribution < 1.29 is 4.42 Å². The van der Waals surface area contributed by atoms with Crippen molar-refractivity contribution in [2.75, 3.05) is 0 Å². The highest BCUT2D eigenvalue weighted by atomic mass is 16.3. The average molecular weight is 765 g/mol. The minimum atomic E-state index is 0.609. The highest BCUT2D eigenvalue weighted by Gasteiger charge is 2.21. The number of hydrogen-bond acceptors (Lipinski definition) is 4. The van der Waals surface area contributed by atoms with Crippen molar-refractivity contribution in [1.29, 1.82) is 0 Å². The minimum Gasteiger partial charge on any atom is -0.455 e. The third-order valence-electron chi connectivity index (χ3n) is 12.2. The lowest BCUT2D eigenvalue weighted by Gasteiger charge is -2.13. The maximum Gasteiger partial charge on any atom is 0.164 e. The Morgan fingerprint density at radius 3 is 1.70 bits per heavy atom. The molecule has 60 heavy (non-hydrogen) atoms. The first-order valence-electron chi connectivity index (χ1n) is 20.3. The second-order valence-corrected chi connectivity index (χ2v) is 15.6. The van der Waals surface area contributed by atoms with Crippen LogP contribution < -0.4 is 0 Å². The molecule has 0 saturated heterocycles. The zero-order valence-electron chi connectivity index (χ0n) is 32.2. The Morgan fingerprint density at radius 2 is 0.917 bits per heavy atom. The molecule has 5 nitrogen and oxygen atoms in total. The van der Waals surface area contributed by atoms with Gasteiger partial charge in [-0.05, 0) is 80.2 Å². The second kappa shape index (κ2) is 12.7. The van der Waals surface area contributed by atoms with Crippen LogP contribution >= 0.6 is 0 Å². The number of nitrogens with zero attached hydrogens (tertiary/aromatic N) is 4. The Hall–Kier alpha value is -8.15. The zero-order valence-corrected chi connectivity index (χ0v) is 32.2. The van der Waals surface area contributed by atoms with Crippen LogP contribution in [0.1, 0.15) is 0 Å². The number of furan rings is 1. The van der Waals surface area contributed by atoms with Crippen molar-refractivity contribution in [3.8, 4) is 39.9 Å². The van der Waals surface area contributed by atoms with E-state index in [2.05, 4.69) is 180 Å². The van der Waals surface area contributed by atoms with Crippen LogP contribution in [0.5, 0.6) is 0 Å². The van der Waals surface area contributed by atoms with Crippen molar-refractivity contribution >= 4 is 86.8 Å².